The molecule has 0 spiro atoms. The number of nitrogens with one attached hydrogen (secondary N) is 1. The van der Waals surface area contributed by atoms with Gasteiger partial charge in [0.05, 0.1) is 13.5 Å². The minimum Gasteiger partial charge on any atom is -0.508 e. The second kappa shape index (κ2) is 7.74. The number of aromatic hydroxyl groups is 1. The average Bonchev–Trinajstić information content (AvgIpc) is 3.05. The van der Waals surface area contributed by atoms with Crippen molar-refractivity contribution >= 4 is 5.91 Å². The molecule has 0 radical (unpaired) electrons. The maximum absolute atomic E-state index is 12.6. The van der Waals surface area contributed by atoms with Crippen molar-refractivity contribution in [2.45, 2.75) is 12.5 Å². The van der Waals surface area contributed by atoms with Gasteiger partial charge in [0.2, 0.25) is 5.91 Å². The van der Waals surface area contributed by atoms with Gasteiger partial charge in [-0.15, -0.1) is 0 Å². The zero-order chi connectivity index (χ0) is 18.5. The van der Waals surface area contributed by atoms with Crippen molar-refractivity contribution in [2.75, 3.05) is 7.11 Å². The van der Waals surface area contributed by atoms with E-state index in [1.165, 1.54) is 0 Å². The molecule has 26 heavy (non-hydrogen) atoms. The van der Waals surface area contributed by atoms with Crippen molar-refractivity contribution in [3.05, 3.63) is 77.9 Å². The van der Waals surface area contributed by atoms with Gasteiger partial charge in [0, 0.05) is 25.0 Å². The lowest BCUT2D eigenvalue weighted by Gasteiger charge is -2.21. The first-order valence-electron chi connectivity index (χ1n) is 8.26. The first-order valence-corrected chi connectivity index (χ1v) is 8.26. The summed E-state index contributed by atoms with van der Waals surface area (Å²) in [6, 6.07) is 13.8. The Bertz CT molecular complexity index is 905. The molecule has 0 aliphatic carbocycles. The number of para-hydroxylation sites is 1. The predicted octanol–water partition coefficient (Wildman–Crippen LogP) is 2.58. The smallest absolute Gasteiger partial charge is 0.225 e. The summed E-state index contributed by atoms with van der Waals surface area (Å²) in [6.07, 6.45) is 3.68. The Morgan fingerprint density at radius 3 is 2.77 bits per heavy atom. The highest BCUT2D eigenvalue weighted by Gasteiger charge is 2.23. The lowest BCUT2D eigenvalue weighted by molar-refractivity contribution is -0.121. The Balaban J connectivity index is 1.89. The molecule has 0 aliphatic heterocycles. The van der Waals surface area contributed by atoms with Crippen LogP contribution in [0.5, 0.6) is 11.5 Å². The summed E-state index contributed by atoms with van der Waals surface area (Å²) < 4.78 is 7.33. The van der Waals surface area contributed by atoms with Crippen molar-refractivity contribution < 1.29 is 14.6 Å². The van der Waals surface area contributed by atoms with Crippen LogP contribution in [0.25, 0.3) is 0 Å². The molecule has 1 unspecified atom stereocenters. The molecule has 0 fully saturated rings. The van der Waals surface area contributed by atoms with Crippen LogP contribution in [0.3, 0.4) is 0 Å². The van der Waals surface area contributed by atoms with E-state index in [9.17, 15) is 9.90 Å². The number of carbonyl (C=O) groups is 1. The lowest BCUT2D eigenvalue weighted by Crippen LogP contribution is -2.32. The highest BCUT2D eigenvalue weighted by atomic mass is 16.5. The number of nitrogens with zero attached hydrogens (tertiary/aromatic N) is 2. The van der Waals surface area contributed by atoms with Crippen molar-refractivity contribution in [3.8, 4) is 11.5 Å². The number of aryl methyl sites for hydroxylation is 1. The third-order valence-corrected chi connectivity index (χ3v) is 4.15. The topological polar surface area (TPSA) is 76.4 Å². The molecule has 3 aromatic rings. The van der Waals surface area contributed by atoms with Crippen molar-refractivity contribution in [3.63, 3.8) is 0 Å². The van der Waals surface area contributed by atoms with Gasteiger partial charge in [-0.05, 0) is 23.8 Å². The molecule has 2 N–H and O–H groups in total. The van der Waals surface area contributed by atoms with Crippen molar-refractivity contribution in [1.82, 2.24) is 14.9 Å². The first-order chi connectivity index (χ1) is 12.6. The zero-order valence-corrected chi connectivity index (χ0v) is 14.7. The molecule has 1 heterocycles. The molecular weight excluding hydrogens is 330 g/mol. The Morgan fingerprint density at radius 1 is 1.27 bits per heavy atom. The van der Waals surface area contributed by atoms with Gasteiger partial charge in [-0.1, -0.05) is 30.3 Å². The van der Waals surface area contributed by atoms with E-state index >= 15 is 0 Å². The van der Waals surface area contributed by atoms with E-state index in [4.69, 9.17) is 4.74 Å². The van der Waals surface area contributed by atoms with Crippen LogP contribution >= 0.6 is 0 Å². The molecule has 0 saturated carbocycles. The van der Waals surface area contributed by atoms with E-state index < -0.39 is 6.04 Å². The molecule has 2 aromatic carbocycles. The number of hydrogen-bond acceptors (Lipinski definition) is 4. The van der Waals surface area contributed by atoms with Gasteiger partial charge in [-0.25, -0.2) is 4.98 Å². The standard InChI is InChI=1S/C20H21N3O3/c1-23-11-10-21-20(23)19(16-8-3-4-9-17(16)26-2)22-18(25)13-14-6-5-7-15(24)12-14/h3-12,19,24H,13H2,1-2H3,(H,22,25). The predicted molar refractivity (Wildman–Crippen MR) is 98.0 cm³/mol. The molecule has 1 amide bonds. The summed E-state index contributed by atoms with van der Waals surface area (Å²) in [4.78, 5) is 17.0. The summed E-state index contributed by atoms with van der Waals surface area (Å²) in [5.41, 5.74) is 1.56. The molecule has 134 valence electrons. The third-order valence-electron chi connectivity index (χ3n) is 4.15. The van der Waals surface area contributed by atoms with E-state index in [2.05, 4.69) is 10.3 Å². The van der Waals surface area contributed by atoms with Crippen molar-refractivity contribution in [1.29, 1.82) is 0 Å². The van der Waals surface area contributed by atoms with Crippen LogP contribution < -0.4 is 10.1 Å². The SMILES string of the molecule is COc1ccccc1C(NC(=O)Cc1cccc(O)c1)c1nccn1C. The van der Waals surface area contributed by atoms with Gasteiger partial charge >= 0.3 is 0 Å². The number of phenols is 1. The highest BCUT2D eigenvalue weighted by Crippen LogP contribution is 2.29. The van der Waals surface area contributed by atoms with Crippen LogP contribution in [0.15, 0.2) is 60.9 Å². The first kappa shape index (κ1) is 17.5. The fraction of sp³-hybridized carbons (Fsp3) is 0.200. The number of imidazole rings is 1. The molecule has 0 saturated heterocycles. The normalized spacial score (nSPS) is 11.8. The summed E-state index contributed by atoms with van der Waals surface area (Å²) >= 11 is 0. The monoisotopic (exact) mass is 351 g/mol. The summed E-state index contributed by atoms with van der Waals surface area (Å²) in [7, 11) is 3.48. The molecule has 6 nitrogen and oxygen atoms in total. The second-order valence-corrected chi connectivity index (χ2v) is 5.99. The van der Waals surface area contributed by atoms with Crippen molar-refractivity contribution in [2.24, 2.45) is 7.05 Å². The highest BCUT2D eigenvalue weighted by molar-refractivity contribution is 5.79. The van der Waals surface area contributed by atoms with E-state index in [0.717, 1.165) is 11.1 Å². The van der Waals surface area contributed by atoms with Crippen LogP contribution in [-0.4, -0.2) is 27.7 Å². The average molecular weight is 351 g/mol. The number of methoxy groups -OCH3 is 1. The minimum absolute atomic E-state index is 0.140. The Hall–Kier alpha value is -3.28. The number of rotatable bonds is 6. The van der Waals surface area contributed by atoms with Crippen LogP contribution in [0.4, 0.5) is 0 Å². The number of benzene rings is 2. The van der Waals surface area contributed by atoms with Crippen LogP contribution in [0.1, 0.15) is 23.0 Å². The van der Waals surface area contributed by atoms with E-state index in [-0.39, 0.29) is 18.1 Å². The zero-order valence-electron chi connectivity index (χ0n) is 14.7. The largest absolute Gasteiger partial charge is 0.508 e. The second-order valence-electron chi connectivity index (χ2n) is 5.99. The minimum atomic E-state index is -0.448. The molecule has 1 atom stereocenters. The molecule has 1 aromatic heterocycles. The van der Waals surface area contributed by atoms with E-state index in [1.54, 1.807) is 37.6 Å². The van der Waals surface area contributed by atoms with E-state index in [0.29, 0.717) is 11.6 Å². The summed E-state index contributed by atoms with van der Waals surface area (Å²) in [5, 5.41) is 12.6. The Morgan fingerprint density at radius 2 is 2.08 bits per heavy atom. The van der Waals surface area contributed by atoms with E-state index in [1.807, 2.05) is 42.1 Å². The fourth-order valence-electron chi connectivity index (χ4n) is 2.91. The number of hydrogen-bond donors (Lipinski definition) is 2. The molecule has 6 heteroatoms. The number of ether oxygens (including phenoxy) is 1. The van der Waals surface area contributed by atoms with Gasteiger partial charge in [-0.3, -0.25) is 4.79 Å². The maximum Gasteiger partial charge on any atom is 0.225 e. The van der Waals surface area contributed by atoms with Crippen LogP contribution in [0.2, 0.25) is 0 Å². The van der Waals surface area contributed by atoms with Gasteiger partial charge in [0.25, 0.3) is 0 Å². The number of amides is 1. The summed E-state index contributed by atoms with van der Waals surface area (Å²) in [5.74, 6) is 1.35. The Labute approximate surface area is 152 Å². The van der Waals surface area contributed by atoms with Gasteiger partial charge in [0.15, 0.2) is 0 Å². The molecular formula is C20H21N3O3. The van der Waals surface area contributed by atoms with Crippen LogP contribution in [0, 0.1) is 0 Å². The maximum atomic E-state index is 12.6. The van der Waals surface area contributed by atoms with Gasteiger partial charge in [-0.2, -0.15) is 0 Å². The summed E-state index contributed by atoms with van der Waals surface area (Å²) in [6.45, 7) is 0. The molecule has 0 aliphatic rings. The quantitative estimate of drug-likeness (QED) is 0.716. The van der Waals surface area contributed by atoms with Crippen LogP contribution in [-0.2, 0) is 18.3 Å². The number of aromatic nitrogens is 2. The lowest BCUT2D eigenvalue weighted by atomic mass is 10.0. The molecule has 0 bridgehead atoms. The Kier molecular flexibility index (Phi) is 5.22. The third kappa shape index (κ3) is 3.85. The fourth-order valence-corrected chi connectivity index (χ4v) is 2.91. The number of carbonyl (C=O) groups excluding carboxylic acids is 1. The van der Waals surface area contributed by atoms with Gasteiger partial charge < -0.3 is 19.7 Å². The van der Waals surface area contributed by atoms with Gasteiger partial charge in [0.1, 0.15) is 23.4 Å². The number of phenolic OH excluding ortho intramolecular Hbond substituents is 1. The molecule has 3 rings (SSSR count).